The molecule has 0 aliphatic carbocycles. The van der Waals surface area contributed by atoms with Gasteiger partial charge in [0.1, 0.15) is 15.6 Å². The third-order valence-corrected chi connectivity index (χ3v) is 4.56. The van der Waals surface area contributed by atoms with Crippen molar-refractivity contribution in [2.24, 2.45) is 0 Å². The maximum Gasteiger partial charge on any atom is 0.267 e. The fourth-order valence-corrected chi connectivity index (χ4v) is 3.15. The smallest absolute Gasteiger partial charge is 0.267 e. The molecule has 0 atom stereocenters. The van der Waals surface area contributed by atoms with Crippen LogP contribution in [0.4, 0.5) is 5.69 Å². The molecule has 0 bridgehead atoms. The van der Waals surface area contributed by atoms with Gasteiger partial charge in [-0.05, 0) is 31.2 Å². The molecule has 0 spiro atoms. The van der Waals surface area contributed by atoms with Crippen molar-refractivity contribution >= 4 is 22.9 Å². The summed E-state index contributed by atoms with van der Waals surface area (Å²) in [7, 11) is 1.63. The van der Waals surface area contributed by atoms with E-state index in [1.807, 2.05) is 61.5 Å². The molecule has 0 radical (unpaired) electrons. The number of aromatic nitrogens is 1. The zero-order valence-electron chi connectivity index (χ0n) is 12.9. The number of benzene rings is 2. The number of aryl methyl sites for hydroxylation is 1. The van der Waals surface area contributed by atoms with Gasteiger partial charge in [0.25, 0.3) is 5.91 Å². The second-order valence-corrected chi connectivity index (χ2v) is 5.98. The zero-order chi connectivity index (χ0) is 16.2. The summed E-state index contributed by atoms with van der Waals surface area (Å²) in [5.41, 5.74) is 2.44. The van der Waals surface area contributed by atoms with Gasteiger partial charge in [0.05, 0.1) is 12.8 Å². The first-order chi connectivity index (χ1) is 11.2. The molecular formula is C18H16N2O2S. The molecule has 3 aromatic rings. The van der Waals surface area contributed by atoms with Crippen molar-refractivity contribution < 1.29 is 9.53 Å². The number of nitrogens with one attached hydrogen (secondary N) is 1. The Morgan fingerprint density at radius 2 is 1.91 bits per heavy atom. The van der Waals surface area contributed by atoms with Crippen molar-refractivity contribution in [2.45, 2.75) is 6.92 Å². The largest absolute Gasteiger partial charge is 0.497 e. The minimum atomic E-state index is -0.139. The molecule has 0 saturated heterocycles. The molecule has 3 rings (SSSR count). The number of hydrogen-bond donors (Lipinski definition) is 1. The number of hydrogen-bond acceptors (Lipinski definition) is 4. The molecule has 1 aromatic heterocycles. The van der Waals surface area contributed by atoms with E-state index >= 15 is 0 Å². The highest BCUT2D eigenvalue weighted by Crippen LogP contribution is 2.30. The fraction of sp³-hybridized carbons (Fsp3) is 0.111. The number of nitrogens with zero attached hydrogens (tertiary/aromatic N) is 1. The van der Waals surface area contributed by atoms with Gasteiger partial charge in [-0.25, -0.2) is 4.98 Å². The molecule has 0 aliphatic rings. The Morgan fingerprint density at radius 3 is 2.65 bits per heavy atom. The Morgan fingerprint density at radius 1 is 1.13 bits per heavy atom. The summed E-state index contributed by atoms with van der Waals surface area (Å²) in [5.74, 6) is 0.631. The lowest BCUT2D eigenvalue weighted by Crippen LogP contribution is -2.11. The predicted octanol–water partition coefficient (Wildman–Crippen LogP) is 4.38. The van der Waals surface area contributed by atoms with Gasteiger partial charge in [0, 0.05) is 11.3 Å². The number of carbonyl (C=O) groups is 1. The van der Waals surface area contributed by atoms with Crippen LogP contribution in [0.2, 0.25) is 0 Å². The molecule has 2 aromatic carbocycles. The Hall–Kier alpha value is -2.66. The summed E-state index contributed by atoms with van der Waals surface area (Å²) in [6, 6.07) is 17.1. The maximum absolute atomic E-state index is 12.4. The minimum absolute atomic E-state index is 0.139. The number of carbonyl (C=O) groups excluding carboxylic acids is 1. The minimum Gasteiger partial charge on any atom is -0.497 e. The molecule has 23 heavy (non-hydrogen) atoms. The van der Waals surface area contributed by atoms with Gasteiger partial charge in [-0.1, -0.05) is 30.3 Å². The quantitative estimate of drug-likeness (QED) is 0.775. The lowest BCUT2D eigenvalue weighted by molar-refractivity contribution is 0.103. The van der Waals surface area contributed by atoms with Gasteiger partial charge >= 0.3 is 0 Å². The number of rotatable bonds is 4. The summed E-state index contributed by atoms with van der Waals surface area (Å²) in [6.45, 7) is 1.85. The first-order valence-corrected chi connectivity index (χ1v) is 7.97. The van der Waals surface area contributed by atoms with Gasteiger partial charge in [-0.2, -0.15) is 0 Å². The first-order valence-electron chi connectivity index (χ1n) is 7.15. The Labute approximate surface area is 138 Å². The van der Waals surface area contributed by atoms with Gasteiger partial charge in [-0.15, -0.1) is 11.3 Å². The normalized spacial score (nSPS) is 10.3. The van der Waals surface area contributed by atoms with E-state index in [2.05, 4.69) is 10.3 Å². The van der Waals surface area contributed by atoms with Crippen LogP contribution in [0.25, 0.3) is 10.6 Å². The Balaban J connectivity index is 1.87. The standard InChI is InChI=1S/C18H16N2O2S/c1-12-16(17(21)20-14-8-4-3-5-9-14)23-18(19-12)13-7-6-10-15(11-13)22-2/h3-11H,1-2H3,(H,20,21). The molecule has 1 heterocycles. The van der Waals surface area contributed by atoms with Crippen LogP contribution in [0.15, 0.2) is 54.6 Å². The van der Waals surface area contributed by atoms with Crippen LogP contribution in [0.1, 0.15) is 15.4 Å². The lowest BCUT2D eigenvalue weighted by Gasteiger charge is -2.03. The third kappa shape index (κ3) is 3.40. The fourth-order valence-electron chi connectivity index (χ4n) is 2.20. The van der Waals surface area contributed by atoms with Crippen molar-refractivity contribution in [3.63, 3.8) is 0 Å². The third-order valence-electron chi connectivity index (χ3n) is 3.35. The summed E-state index contributed by atoms with van der Waals surface area (Å²) < 4.78 is 5.24. The molecule has 0 unspecified atom stereocenters. The molecule has 0 fully saturated rings. The maximum atomic E-state index is 12.4. The van der Waals surface area contributed by atoms with Crippen LogP contribution in [0, 0.1) is 6.92 Å². The van der Waals surface area contributed by atoms with E-state index < -0.39 is 0 Å². The monoisotopic (exact) mass is 324 g/mol. The van der Waals surface area contributed by atoms with Crippen LogP contribution in [-0.4, -0.2) is 18.0 Å². The van der Waals surface area contributed by atoms with E-state index in [4.69, 9.17) is 4.74 Å². The highest BCUT2D eigenvalue weighted by molar-refractivity contribution is 7.17. The molecule has 5 heteroatoms. The van der Waals surface area contributed by atoms with Crippen molar-refractivity contribution in [1.82, 2.24) is 4.98 Å². The SMILES string of the molecule is COc1cccc(-c2nc(C)c(C(=O)Nc3ccccc3)s2)c1. The van der Waals surface area contributed by atoms with Gasteiger partial charge in [-0.3, -0.25) is 4.79 Å². The van der Waals surface area contributed by atoms with E-state index in [1.54, 1.807) is 7.11 Å². The summed E-state index contributed by atoms with van der Waals surface area (Å²) in [6.07, 6.45) is 0. The number of anilines is 1. The molecule has 1 amide bonds. The second kappa shape index (κ2) is 6.62. The van der Waals surface area contributed by atoms with Crippen molar-refractivity contribution in [1.29, 1.82) is 0 Å². The molecule has 116 valence electrons. The Kier molecular flexibility index (Phi) is 4.39. The van der Waals surface area contributed by atoms with Crippen molar-refractivity contribution in [3.05, 3.63) is 65.2 Å². The number of amides is 1. The van der Waals surface area contributed by atoms with Gasteiger partial charge in [0.2, 0.25) is 0 Å². The highest BCUT2D eigenvalue weighted by atomic mass is 32.1. The van der Waals surface area contributed by atoms with Crippen LogP contribution in [0.3, 0.4) is 0 Å². The summed E-state index contributed by atoms with van der Waals surface area (Å²) in [5, 5.41) is 3.70. The number of ether oxygens (including phenoxy) is 1. The summed E-state index contributed by atoms with van der Waals surface area (Å²) in [4.78, 5) is 17.6. The molecular weight excluding hydrogens is 308 g/mol. The Bertz CT molecular complexity index is 828. The van der Waals surface area contributed by atoms with E-state index in [0.29, 0.717) is 4.88 Å². The van der Waals surface area contributed by atoms with E-state index in [1.165, 1.54) is 11.3 Å². The molecule has 4 nitrogen and oxygen atoms in total. The first kappa shape index (κ1) is 15.2. The van der Waals surface area contributed by atoms with E-state index in [-0.39, 0.29) is 5.91 Å². The van der Waals surface area contributed by atoms with Crippen LogP contribution in [0.5, 0.6) is 5.75 Å². The van der Waals surface area contributed by atoms with Gasteiger partial charge < -0.3 is 10.1 Å². The zero-order valence-corrected chi connectivity index (χ0v) is 13.7. The summed E-state index contributed by atoms with van der Waals surface area (Å²) >= 11 is 1.38. The van der Waals surface area contributed by atoms with E-state index in [9.17, 15) is 4.79 Å². The number of methoxy groups -OCH3 is 1. The highest BCUT2D eigenvalue weighted by Gasteiger charge is 2.16. The second-order valence-electron chi connectivity index (χ2n) is 4.99. The predicted molar refractivity (Wildman–Crippen MR) is 93.2 cm³/mol. The molecule has 1 N–H and O–H groups in total. The van der Waals surface area contributed by atoms with Crippen LogP contribution in [-0.2, 0) is 0 Å². The average molecular weight is 324 g/mol. The number of para-hydroxylation sites is 1. The van der Waals surface area contributed by atoms with Crippen LogP contribution < -0.4 is 10.1 Å². The topological polar surface area (TPSA) is 51.2 Å². The number of thiazole rings is 1. The molecule has 0 aliphatic heterocycles. The van der Waals surface area contributed by atoms with E-state index in [0.717, 1.165) is 27.7 Å². The van der Waals surface area contributed by atoms with Gasteiger partial charge in [0.15, 0.2) is 0 Å². The van der Waals surface area contributed by atoms with Crippen molar-refractivity contribution in [2.75, 3.05) is 12.4 Å². The molecule has 0 saturated carbocycles. The van der Waals surface area contributed by atoms with Crippen LogP contribution >= 0.6 is 11.3 Å². The van der Waals surface area contributed by atoms with Crippen molar-refractivity contribution in [3.8, 4) is 16.3 Å². The lowest BCUT2D eigenvalue weighted by atomic mass is 10.2. The average Bonchev–Trinajstić information content (AvgIpc) is 2.98.